The van der Waals surface area contributed by atoms with E-state index in [9.17, 15) is 4.79 Å². The van der Waals surface area contributed by atoms with E-state index in [1.165, 1.54) is 29.5 Å². The number of carbonyl (C=O) groups excluding carboxylic acids is 1. The summed E-state index contributed by atoms with van der Waals surface area (Å²) in [6, 6.07) is 19.6. The van der Waals surface area contributed by atoms with Crippen LogP contribution in [0.3, 0.4) is 0 Å². The third kappa shape index (κ3) is 4.56. The van der Waals surface area contributed by atoms with E-state index in [0.717, 1.165) is 58.7 Å². The van der Waals surface area contributed by atoms with Crippen LogP contribution in [0.1, 0.15) is 31.2 Å². The highest BCUT2D eigenvalue weighted by molar-refractivity contribution is 5.82. The Labute approximate surface area is 186 Å². The second-order valence-electron chi connectivity index (χ2n) is 9.94. The van der Waals surface area contributed by atoms with E-state index in [1.807, 2.05) is 0 Å². The van der Waals surface area contributed by atoms with Gasteiger partial charge in [0.05, 0.1) is 0 Å². The Morgan fingerprint density at radius 2 is 1.58 bits per heavy atom. The van der Waals surface area contributed by atoms with E-state index in [2.05, 4.69) is 76.3 Å². The Balaban J connectivity index is 1.12. The van der Waals surface area contributed by atoms with Crippen LogP contribution in [-0.4, -0.2) is 66.9 Å². The van der Waals surface area contributed by atoms with Gasteiger partial charge in [0.2, 0.25) is 5.91 Å². The monoisotopic (exact) mass is 417 g/mol. The van der Waals surface area contributed by atoms with Gasteiger partial charge in [-0.2, -0.15) is 0 Å². The summed E-state index contributed by atoms with van der Waals surface area (Å²) in [6.07, 6.45) is 4.59. The first-order chi connectivity index (χ1) is 15.1. The molecule has 1 atom stereocenters. The van der Waals surface area contributed by atoms with Crippen molar-refractivity contribution < 1.29 is 4.79 Å². The first-order valence-corrected chi connectivity index (χ1v) is 12.0. The molecule has 0 N–H and O–H groups in total. The molecule has 0 aromatic heterocycles. The highest BCUT2D eigenvalue weighted by Gasteiger charge is 2.59. The Hall–Kier alpha value is -2.17. The van der Waals surface area contributed by atoms with Crippen LogP contribution >= 0.6 is 0 Å². The number of nitrogens with zero attached hydrogens (tertiary/aromatic N) is 3. The lowest BCUT2D eigenvalue weighted by atomic mass is 9.90. The molecule has 3 aliphatic rings. The summed E-state index contributed by atoms with van der Waals surface area (Å²) >= 11 is 0. The zero-order chi connectivity index (χ0) is 21.3. The molecule has 31 heavy (non-hydrogen) atoms. The van der Waals surface area contributed by atoms with Gasteiger partial charge in [0, 0.05) is 32.1 Å². The molecule has 2 heterocycles. The molecule has 0 bridgehead atoms. The predicted molar refractivity (Wildman–Crippen MR) is 126 cm³/mol. The fourth-order valence-electron chi connectivity index (χ4n) is 5.58. The standard InChI is InChI=1S/C27H35N3O/c1-28-14-5-15-30(19-18-28)26(31)25-20-27(25)12-16-29(17-13-27)21-22-8-10-24(11-9-22)23-6-3-2-4-7-23/h2-4,6-11,25H,5,12-21H2,1H3. The number of hydrogen-bond donors (Lipinski definition) is 0. The third-order valence-electron chi connectivity index (χ3n) is 7.84. The molecule has 1 unspecified atom stereocenters. The van der Waals surface area contributed by atoms with Crippen molar-refractivity contribution >= 4 is 5.91 Å². The van der Waals surface area contributed by atoms with Gasteiger partial charge < -0.3 is 9.80 Å². The van der Waals surface area contributed by atoms with Crippen LogP contribution in [0.4, 0.5) is 0 Å². The van der Waals surface area contributed by atoms with Crippen molar-refractivity contribution in [2.75, 3.05) is 46.3 Å². The second kappa shape index (κ2) is 8.76. The number of carbonyl (C=O) groups is 1. The summed E-state index contributed by atoms with van der Waals surface area (Å²) in [7, 11) is 2.16. The Morgan fingerprint density at radius 1 is 0.871 bits per heavy atom. The molecule has 2 aliphatic heterocycles. The summed E-state index contributed by atoms with van der Waals surface area (Å²) in [5.41, 5.74) is 4.24. The lowest BCUT2D eigenvalue weighted by molar-refractivity contribution is -0.133. The third-order valence-corrected chi connectivity index (χ3v) is 7.84. The minimum atomic E-state index is 0.295. The molecule has 1 amide bonds. The zero-order valence-electron chi connectivity index (χ0n) is 18.8. The van der Waals surface area contributed by atoms with Crippen molar-refractivity contribution in [3.05, 3.63) is 60.2 Å². The fraction of sp³-hybridized carbons (Fsp3) is 0.519. The molecule has 0 radical (unpaired) electrons. The highest BCUT2D eigenvalue weighted by Crippen LogP contribution is 2.60. The number of hydrogen-bond acceptors (Lipinski definition) is 3. The van der Waals surface area contributed by atoms with Crippen LogP contribution in [0.15, 0.2) is 54.6 Å². The molecule has 1 spiro atoms. The summed E-state index contributed by atoms with van der Waals surface area (Å²) < 4.78 is 0. The quantitative estimate of drug-likeness (QED) is 0.749. The lowest BCUT2D eigenvalue weighted by Crippen LogP contribution is -2.39. The number of benzene rings is 2. The van der Waals surface area contributed by atoms with E-state index >= 15 is 0 Å². The van der Waals surface area contributed by atoms with E-state index in [0.29, 0.717) is 17.2 Å². The van der Waals surface area contributed by atoms with Crippen LogP contribution < -0.4 is 0 Å². The van der Waals surface area contributed by atoms with Crippen LogP contribution in [0.5, 0.6) is 0 Å². The van der Waals surface area contributed by atoms with Gasteiger partial charge in [0.25, 0.3) is 0 Å². The van der Waals surface area contributed by atoms with Gasteiger partial charge in [-0.1, -0.05) is 54.6 Å². The van der Waals surface area contributed by atoms with Crippen LogP contribution in [0.25, 0.3) is 11.1 Å². The average molecular weight is 418 g/mol. The van der Waals surface area contributed by atoms with Crippen molar-refractivity contribution in [3.63, 3.8) is 0 Å². The summed E-state index contributed by atoms with van der Waals surface area (Å²) in [6.45, 7) is 7.24. The number of amides is 1. The molecule has 4 nitrogen and oxygen atoms in total. The fourth-order valence-corrected chi connectivity index (χ4v) is 5.58. The average Bonchev–Trinajstić information content (AvgIpc) is 3.55. The Bertz CT molecular complexity index is 886. The number of likely N-dealkylation sites (tertiary alicyclic amines) is 1. The van der Waals surface area contributed by atoms with Gasteiger partial charge in [-0.05, 0) is 74.5 Å². The number of piperidine rings is 1. The largest absolute Gasteiger partial charge is 0.341 e. The van der Waals surface area contributed by atoms with Crippen LogP contribution in [0, 0.1) is 11.3 Å². The Morgan fingerprint density at radius 3 is 2.32 bits per heavy atom. The van der Waals surface area contributed by atoms with Crippen molar-refractivity contribution in [1.29, 1.82) is 0 Å². The zero-order valence-corrected chi connectivity index (χ0v) is 18.8. The van der Waals surface area contributed by atoms with Crippen LogP contribution in [0.2, 0.25) is 0 Å². The molecular weight excluding hydrogens is 382 g/mol. The maximum Gasteiger partial charge on any atom is 0.226 e. The van der Waals surface area contributed by atoms with Gasteiger partial charge in [0.1, 0.15) is 0 Å². The predicted octanol–water partition coefficient (Wildman–Crippen LogP) is 4.12. The van der Waals surface area contributed by atoms with Gasteiger partial charge in [-0.3, -0.25) is 9.69 Å². The molecule has 5 rings (SSSR count). The van der Waals surface area contributed by atoms with Gasteiger partial charge in [0.15, 0.2) is 0 Å². The lowest BCUT2D eigenvalue weighted by Gasteiger charge is -2.33. The molecule has 2 aromatic rings. The molecule has 1 aliphatic carbocycles. The molecule has 1 saturated carbocycles. The number of likely N-dealkylation sites (N-methyl/N-ethyl adjacent to an activating group) is 1. The van der Waals surface area contributed by atoms with Crippen molar-refractivity contribution in [2.45, 2.75) is 32.2 Å². The van der Waals surface area contributed by atoms with Gasteiger partial charge in [-0.25, -0.2) is 0 Å². The Kier molecular flexibility index (Phi) is 5.85. The first kappa shape index (κ1) is 20.7. The summed E-state index contributed by atoms with van der Waals surface area (Å²) in [5.74, 6) is 0.739. The van der Waals surface area contributed by atoms with E-state index in [4.69, 9.17) is 0 Å². The first-order valence-electron chi connectivity index (χ1n) is 12.0. The van der Waals surface area contributed by atoms with Gasteiger partial charge >= 0.3 is 0 Å². The minimum Gasteiger partial charge on any atom is -0.341 e. The molecule has 3 fully saturated rings. The van der Waals surface area contributed by atoms with Crippen molar-refractivity contribution in [1.82, 2.24) is 14.7 Å². The second-order valence-corrected chi connectivity index (χ2v) is 9.94. The number of rotatable bonds is 4. The summed E-state index contributed by atoms with van der Waals surface area (Å²) in [4.78, 5) is 20.2. The van der Waals surface area contributed by atoms with Crippen molar-refractivity contribution in [2.24, 2.45) is 11.3 Å². The molecule has 164 valence electrons. The smallest absolute Gasteiger partial charge is 0.226 e. The summed E-state index contributed by atoms with van der Waals surface area (Å²) in [5, 5.41) is 0. The molecule has 4 heteroatoms. The van der Waals surface area contributed by atoms with Gasteiger partial charge in [-0.15, -0.1) is 0 Å². The maximum absolute atomic E-state index is 13.1. The minimum absolute atomic E-state index is 0.295. The molecule has 2 saturated heterocycles. The normalized spacial score (nSPS) is 24.2. The molecule has 2 aromatic carbocycles. The SMILES string of the molecule is CN1CCCN(C(=O)C2CC23CCN(Cc2ccc(-c4ccccc4)cc2)CC3)CC1. The topological polar surface area (TPSA) is 26.8 Å². The van der Waals surface area contributed by atoms with E-state index in [1.54, 1.807) is 0 Å². The highest BCUT2D eigenvalue weighted by atomic mass is 16.2. The van der Waals surface area contributed by atoms with E-state index < -0.39 is 0 Å². The molecular formula is C27H35N3O. The van der Waals surface area contributed by atoms with Crippen LogP contribution in [-0.2, 0) is 11.3 Å². The van der Waals surface area contributed by atoms with Crippen molar-refractivity contribution in [3.8, 4) is 11.1 Å². The van der Waals surface area contributed by atoms with E-state index in [-0.39, 0.29) is 0 Å². The maximum atomic E-state index is 13.1.